The minimum atomic E-state index is -4.31. The molecule has 1 unspecified atom stereocenters. The molecule has 0 saturated carbocycles. The number of nitrogens with zero attached hydrogens (tertiary/aromatic N) is 3. The van der Waals surface area contributed by atoms with Crippen molar-refractivity contribution in [1.29, 1.82) is 0 Å². The minimum Gasteiger partial charge on any atom is -0.285 e. The van der Waals surface area contributed by atoms with Crippen molar-refractivity contribution in [2.75, 3.05) is 14.1 Å². The van der Waals surface area contributed by atoms with Crippen molar-refractivity contribution in [3.05, 3.63) is 24.3 Å². The summed E-state index contributed by atoms with van der Waals surface area (Å²) in [5.74, 6) is 0. The molecule has 1 N–H and O–H groups in total. The molecule has 0 aromatic heterocycles. The van der Waals surface area contributed by atoms with Gasteiger partial charge in [0.1, 0.15) is 0 Å². The smallest absolute Gasteiger partial charge is 0.285 e. The second-order valence-corrected chi connectivity index (χ2v) is 5.01. The van der Waals surface area contributed by atoms with Crippen molar-refractivity contribution < 1.29 is 13.0 Å². The van der Waals surface area contributed by atoms with E-state index in [1.165, 1.54) is 17.2 Å². The fourth-order valence-corrected chi connectivity index (χ4v) is 1.77. The zero-order chi connectivity index (χ0) is 11.5. The molecule has 0 heterocycles. The molecular formula is C8H13N3NaO3S. The van der Waals surface area contributed by atoms with E-state index < -0.39 is 15.0 Å². The predicted octanol–water partition coefficient (Wildman–Crippen LogP) is 0.635. The van der Waals surface area contributed by atoms with Gasteiger partial charge in [-0.2, -0.15) is 8.42 Å². The van der Waals surface area contributed by atoms with Gasteiger partial charge in [-0.15, -0.1) is 5.11 Å². The van der Waals surface area contributed by atoms with Gasteiger partial charge in [0.2, 0.25) is 4.87 Å². The van der Waals surface area contributed by atoms with Gasteiger partial charge in [-0.1, -0.05) is 23.5 Å². The summed E-state index contributed by atoms with van der Waals surface area (Å²) in [5, 5.41) is 8.64. The average molecular weight is 254 g/mol. The first-order valence-electron chi connectivity index (χ1n) is 4.29. The summed E-state index contributed by atoms with van der Waals surface area (Å²) < 4.78 is 31.6. The minimum absolute atomic E-state index is 0. The van der Waals surface area contributed by atoms with Crippen molar-refractivity contribution in [2.24, 2.45) is 10.3 Å². The summed E-state index contributed by atoms with van der Waals surface area (Å²) in [6.07, 6.45) is 6.22. The van der Waals surface area contributed by atoms with E-state index >= 15 is 0 Å². The normalized spacial score (nSPS) is 24.4. The van der Waals surface area contributed by atoms with Crippen molar-refractivity contribution in [1.82, 2.24) is 5.01 Å². The van der Waals surface area contributed by atoms with Crippen LogP contribution in [-0.2, 0) is 10.1 Å². The first-order chi connectivity index (χ1) is 6.87. The molecule has 0 aliphatic heterocycles. The molecule has 1 aliphatic rings. The van der Waals surface area contributed by atoms with E-state index in [0.717, 1.165) is 0 Å². The maximum atomic E-state index is 11.2. The van der Waals surface area contributed by atoms with Gasteiger partial charge < -0.3 is 0 Å². The van der Waals surface area contributed by atoms with Gasteiger partial charge in [-0.3, -0.25) is 9.56 Å². The molecule has 0 saturated heterocycles. The standard InChI is InChI=1S/C8H13N3O3S.Na/c1-11(2)10-9-8(15(12,13)14)6-4-3-5-7-8;/h3-6H,7H2,1-2H3,(H,12,13,14);. The van der Waals surface area contributed by atoms with Crippen molar-refractivity contribution in [2.45, 2.75) is 11.3 Å². The Hall–Kier alpha value is -0.210. The van der Waals surface area contributed by atoms with Gasteiger partial charge >= 0.3 is 0 Å². The zero-order valence-corrected chi connectivity index (χ0v) is 12.3. The van der Waals surface area contributed by atoms with Crippen LogP contribution in [0.4, 0.5) is 0 Å². The van der Waals surface area contributed by atoms with E-state index in [0.29, 0.717) is 0 Å². The number of rotatable bonds is 3. The summed E-state index contributed by atoms with van der Waals surface area (Å²) in [6.45, 7) is 0. The van der Waals surface area contributed by atoms with Crippen LogP contribution in [0.1, 0.15) is 6.42 Å². The number of hydrogen-bond acceptors (Lipinski definition) is 4. The zero-order valence-electron chi connectivity index (χ0n) is 9.53. The van der Waals surface area contributed by atoms with E-state index in [9.17, 15) is 8.42 Å². The van der Waals surface area contributed by atoms with E-state index in [-0.39, 0.29) is 36.0 Å². The Morgan fingerprint density at radius 1 is 1.38 bits per heavy atom. The first kappa shape index (κ1) is 15.8. The molecular weight excluding hydrogens is 241 g/mol. The molecule has 0 amide bonds. The van der Waals surface area contributed by atoms with Crippen LogP contribution in [0.5, 0.6) is 0 Å². The number of allylic oxidation sites excluding steroid dienone is 2. The molecule has 8 heteroatoms. The van der Waals surface area contributed by atoms with Crippen LogP contribution in [0.3, 0.4) is 0 Å². The quantitative estimate of drug-likeness (QED) is 0.346. The summed E-state index contributed by atoms with van der Waals surface area (Å²) >= 11 is 0. The fourth-order valence-electron chi connectivity index (χ4n) is 1.07. The Labute approximate surface area is 117 Å². The van der Waals surface area contributed by atoms with Crippen LogP contribution in [0.15, 0.2) is 34.6 Å². The number of hydrogen-bond donors (Lipinski definition) is 1. The fraction of sp³-hybridized carbons (Fsp3) is 0.500. The van der Waals surface area contributed by atoms with E-state index in [2.05, 4.69) is 10.3 Å². The summed E-state index contributed by atoms with van der Waals surface area (Å²) in [6, 6.07) is 0. The van der Waals surface area contributed by atoms with Gasteiger partial charge in [0, 0.05) is 50.1 Å². The predicted molar refractivity (Wildman–Crippen MR) is 61.5 cm³/mol. The Kier molecular flexibility index (Phi) is 5.85. The topological polar surface area (TPSA) is 82.3 Å². The molecule has 85 valence electrons. The molecule has 0 spiro atoms. The van der Waals surface area contributed by atoms with Crippen LogP contribution in [0, 0.1) is 0 Å². The maximum Gasteiger partial charge on any atom is 0.297 e. The molecule has 1 aliphatic carbocycles. The largest absolute Gasteiger partial charge is 0.297 e. The van der Waals surface area contributed by atoms with Crippen molar-refractivity contribution in [3.8, 4) is 0 Å². The Morgan fingerprint density at radius 3 is 2.38 bits per heavy atom. The van der Waals surface area contributed by atoms with Gasteiger partial charge in [-0.25, -0.2) is 0 Å². The third kappa shape index (κ3) is 3.67. The van der Waals surface area contributed by atoms with Crippen LogP contribution < -0.4 is 0 Å². The van der Waals surface area contributed by atoms with Gasteiger partial charge in [-0.05, 0) is 6.08 Å². The van der Waals surface area contributed by atoms with Crippen LogP contribution >= 0.6 is 0 Å². The molecule has 0 aromatic carbocycles. The molecule has 0 aromatic rings. The third-order valence-corrected chi connectivity index (χ3v) is 3.13. The molecule has 1 radical (unpaired) electrons. The Morgan fingerprint density at radius 2 is 2.00 bits per heavy atom. The summed E-state index contributed by atoms with van der Waals surface area (Å²) in [7, 11) is -1.08. The van der Waals surface area contributed by atoms with Crippen LogP contribution in [0.25, 0.3) is 0 Å². The van der Waals surface area contributed by atoms with Crippen LogP contribution in [0.2, 0.25) is 0 Å². The molecule has 0 fully saturated rings. The summed E-state index contributed by atoms with van der Waals surface area (Å²) in [5.41, 5.74) is 0. The summed E-state index contributed by atoms with van der Waals surface area (Å²) in [4.78, 5) is -1.67. The van der Waals surface area contributed by atoms with Crippen molar-refractivity contribution in [3.63, 3.8) is 0 Å². The van der Waals surface area contributed by atoms with E-state index in [1.807, 2.05) is 0 Å². The second-order valence-electron chi connectivity index (χ2n) is 3.35. The Bertz CT molecular complexity index is 416. The van der Waals surface area contributed by atoms with Gasteiger partial charge in [0.25, 0.3) is 10.1 Å². The maximum absolute atomic E-state index is 11.2. The van der Waals surface area contributed by atoms with E-state index in [1.54, 1.807) is 26.2 Å². The van der Waals surface area contributed by atoms with E-state index in [4.69, 9.17) is 4.55 Å². The average Bonchev–Trinajstić information content (AvgIpc) is 2.14. The Balaban J connectivity index is 0.00000225. The molecule has 0 bridgehead atoms. The molecule has 1 rings (SSSR count). The molecule has 1 atom stereocenters. The SMILES string of the molecule is CN(C)N=NC1(S(=O)(=O)O)C=CC=CC1.[Na]. The van der Waals surface area contributed by atoms with Gasteiger partial charge in [0.15, 0.2) is 0 Å². The van der Waals surface area contributed by atoms with Crippen molar-refractivity contribution >= 4 is 39.7 Å². The molecule has 6 nitrogen and oxygen atoms in total. The third-order valence-electron chi connectivity index (χ3n) is 1.85. The van der Waals surface area contributed by atoms with Gasteiger partial charge in [0.05, 0.1) is 0 Å². The monoisotopic (exact) mass is 254 g/mol. The first-order valence-corrected chi connectivity index (χ1v) is 5.73. The van der Waals surface area contributed by atoms with Crippen LogP contribution in [-0.4, -0.2) is 66.5 Å². The molecule has 16 heavy (non-hydrogen) atoms. The second kappa shape index (κ2) is 5.92.